The van der Waals surface area contributed by atoms with Crippen molar-refractivity contribution in [2.45, 2.75) is 50.2 Å². The fourth-order valence-corrected chi connectivity index (χ4v) is 3.59. The molecule has 1 saturated heterocycles. The summed E-state index contributed by atoms with van der Waals surface area (Å²) in [5.74, 6) is 0. The van der Waals surface area contributed by atoms with Gasteiger partial charge < -0.3 is 15.5 Å². The summed E-state index contributed by atoms with van der Waals surface area (Å²) >= 11 is 0. The number of alkyl halides is 3. The Morgan fingerprint density at radius 2 is 1.96 bits per heavy atom. The zero-order valence-corrected chi connectivity index (χ0v) is 14.4. The first-order valence-corrected chi connectivity index (χ1v) is 8.51. The fraction of sp³-hybridized carbons (Fsp3) is 0.500. The van der Waals surface area contributed by atoms with E-state index in [0.29, 0.717) is 24.9 Å². The highest BCUT2D eigenvalue weighted by atomic mass is 19.4. The maximum atomic E-state index is 12.8. The number of halogens is 3. The van der Waals surface area contributed by atoms with Gasteiger partial charge >= 0.3 is 6.18 Å². The van der Waals surface area contributed by atoms with Gasteiger partial charge in [-0.25, -0.2) is 0 Å². The largest absolute Gasteiger partial charge is 0.416 e. The number of nitrogens with zero attached hydrogens (tertiary/aromatic N) is 2. The van der Waals surface area contributed by atoms with Crippen LogP contribution in [0.3, 0.4) is 0 Å². The predicted molar refractivity (Wildman–Crippen MR) is 89.2 cm³/mol. The summed E-state index contributed by atoms with van der Waals surface area (Å²) in [7, 11) is 0. The first kappa shape index (κ1) is 18.9. The quantitative estimate of drug-likeness (QED) is 0.775. The lowest BCUT2D eigenvalue weighted by atomic mass is 9.77. The van der Waals surface area contributed by atoms with Crippen LogP contribution in [0, 0.1) is 0 Å². The van der Waals surface area contributed by atoms with Crippen LogP contribution in [0.25, 0.3) is 0 Å². The molecular weight excluding hydrogens is 347 g/mol. The van der Waals surface area contributed by atoms with Crippen molar-refractivity contribution < 1.29 is 23.4 Å². The molecule has 3 N–H and O–H groups in total. The molecule has 0 aliphatic carbocycles. The monoisotopic (exact) mass is 369 g/mol. The summed E-state index contributed by atoms with van der Waals surface area (Å²) in [6.45, 7) is 2.29. The maximum Gasteiger partial charge on any atom is 0.416 e. The number of nitrogens with one attached hydrogen (secondary N) is 1. The van der Waals surface area contributed by atoms with Crippen molar-refractivity contribution in [3.8, 4) is 0 Å². The zero-order chi connectivity index (χ0) is 18.9. The van der Waals surface area contributed by atoms with Gasteiger partial charge in [0.15, 0.2) is 0 Å². The first-order valence-electron chi connectivity index (χ1n) is 8.51. The minimum absolute atomic E-state index is 0.0227. The molecular formula is C18H22F3N3O2. The maximum absolute atomic E-state index is 12.8. The molecule has 3 rings (SSSR count). The van der Waals surface area contributed by atoms with Crippen molar-refractivity contribution in [2.24, 2.45) is 0 Å². The van der Waals surface area contributed by atoms with Gasteiger partial charge in [-0.2, -0.15) is 18.3 Å². The third kappa shape index (κ3) is 3.92. The number of hydrogen-bond acceptors (Lipinski definition) is 4. The second-order valence-electron chi connectivity index (χ2n) is 6.90. The van der Waals surface area contributed by atoms with Crippen molar-refractivity contribution in [3.63, 3.8) is 0 Å². The molecule has 1 aliphatic rings. The van der Waals surface area contributed by atoms with Crippen LogP contribution in [0.15, 0.2) is 36.7 Å². The molecule has 0 radical (unpaired) electrons. The second kappa shape index (κ2) is 7.02. The van der Waals surface area contributed by atoms with Crippen LogP contribution in [-0.4, -0.2) is 32.6 Å². The van der Waals surface area contributed by atoms with Crippen LogP contribution in [0.5, 0.6) is 0 Å². The van der Waals surface area contributed by atoms with E-state index in [-0.39, 0.29) is 18.7 Å². The standard InChI is InChI=1S/C18H22F3N3O2/c1-12-8-17(26,14-2-4-15(5-3-14)18(19,20)21)9-16(23-12)13-10-22-24(11-13)6-7-25/h2-5,10-12,16,23,25-26H,6-9H2,1H3/t12?,16-,17?/m0/s1. The van der Waals surface area contributed by atoms with E-state index in [2.05, 4.69) is 10.4 Å². The van der Waals surface area contributed by atoms with Crippen molar-refractivity contribution in [1.82, 2.24) is 15.1 Å². The highest BCUT2D eigenvalue weighted by Crippen LogP contribution is 2.41. The van der Waals surface area contributed by atoms with Crippen molar-refractivity contribution >= 4 is 0 Å². The number of rotatable bonds is 4. The highest BCUT2D eigenvalue weighted by Gasteiger charge is 2.40. The molecule has 8 heteroatoms. The molecule has 1 aromatic heterocycles. The molecule has 1 aromatic carbocycles. The fourth-order valence-electron chi connectivity index (χ4n) is 3.59. The number of aliphatic hydroxyl groups excluding tert-OH is 1. The number of aliphatic hydroxyl groups is 2. The van der Waals surface area contributed by atoms with Crippen molar-refractivity contribution in [3.05, 3.63) is 53.3 Å². The average Bonchev–Trinajstić information content (AvgIpc) is 3.02. The van der Waals surface area contributed by atoms with Gasteiger partial charge in [0.2, 0.25) is 0 Å². The molecule has 0 saturated carbocycles. The van der Waals surface area contributed by atoms with Crippen LogP contribution >= 0.6 is 0 Å². The molecule has 142 valence electrons. The number of benzene rings is 1. The topological polar surface area (TPSA) is 70.3 Å². The van der Waals surface area contributed by atoms with E-state index in [4.69, 9.17) is 5.11 Å². The Kier molecular flexibility index (Phi) is 5.09. The van der Waals surface area contributed by atoms with E-state index >= 15 is 0 Å². The minimum atomic E-state index is -4.40. The average molecular weight is 369 g/mol. The molecule has 2 heterocycles. The third-order valence-corrected chi connectivity index (χ3v) is 4.81. The van der Waals surface area contributed by atoms with E-state index in [9.17, 15) is 18.3 Å². The molecule has 2 aromatic rings. The normalized spacial score (nSPS) is 26.8. The zero-order valence-electron chi connectivity index (χ0n) is 14.4. The number of hydrogen-bond donors (Lipinski definition) is 3. The van der Waals surface area contributed by atoms with Gasteiger partial charge in [0.25, 0.3) is 0 Å². The van der Waals surface area contributed by atoms with Gasteiger partial charge in [0.05, 0.1) is 30.5 Å². The van der Waals surface area contributed by atoms with Gasteiger partial charge in [-0.15, -0.1) is 0 Å². The Labute approximate surface area is 149 Å². The van der Waals surface area contributed by atoms with E-state index in [0.717, 1.165) is 17.7 Å². The molecule has 5 nitrogen and oxygen atoms in total. The number of piperidine rings is 1. The molecule has 2 unspecified atom stereocenters. The van der Waals surface area contributed by atoms with Crippen molar-refractivity contribution in [2.75, 3.05) is 6.61 Å². The van der Waals surface area contributed by atoms with Gasteiger partial charge in [0.1, 0.15) is 0 Å². The van der Waals surface area contributed by atoms with Crippen LogP contribution in [0.2, 0.25) is 0 Å². The third-order valence-electron chi connectivity index (χ3n) is 4.81. The second-order valence-corrected chi connectivity index (χ2v) is 6.90. The van der Waals surface area contributed by atoms with Gasteiger partial charge in [0, 0.05) is 23.8 Å². The molecule has 3 atom stereocenters. The highest BCUT2D eigenvalue weighted by molar-refractivity contribution is 5.30. The van der Waals surface area contributed by atoms with Crippen LogP contribution in [-0.2, 0) is 18.3 Å². The molecule has 1 aliphatic heterocycles. The molecule has 0 amide bonds. The lowest BCUT2D eigenvalue weighted by molar-refractivity contribution is -0.137. The van der Waals surface area contributed by atoms with Crippen LogP contribution in [0.4, 0.5) is 13.2 Å². The summed E-state index contributed by atoms with van der Waals surface area (Å²) in [5, 5.41) is 27.7. The lowest BCUT2D eigenvalue weighted by Crippen LogP contribution is -2.46. The van der Waals surface area contributed by atoms with E-state index < -0.39 is 17.3 Å². The Morgan fingerprint density at radius 1 is 1.27 bits per heavy atom. The first-order chi connectivity index (χ1) is 12.2. The smallest absolute Gasteiger partial charge is 0.394 e. The SMILES string of the molecule is CC1CC(O)(c2ccc(C(F)(F)F)cc2)C[C@@H](c2cnn(CCO)c2)N1. The Balaban J connectivity index is 1.83. The Morgan fingerprint density at radius 3 is 2.58 bits per heavy atom. The summed E-state index contributed by atoms with van der Waals surface area (Å²) in [6, 6.07) is 4.52. The van der Waals surface area contributed by atoms with E-state index in [1.165, 1.54) is 12.1 Å². The Hall–Kier alpha value is -1.90. The van der Waals surface area contributed by atoms with E-state index in [1.807, 2.05) is 6.92 Å². The summed E-state index contributed by atoms with van der Waals surface area (Å²) in [4.78, 5) is 0. The number of aromatic nitrogens is 2. The molecule has 0 spiro atoms. The van der Waals surface area contributed by atoms with Gasteiger partial charge in [-0.05, 0) is 37.5 Å². The minimum Gasteiger partial charge on any atom is -0.394 e. The summed E-state index contributed by atoms with van der Waals surface area (Å²) in [5.41, 5.74) is -0.603. The lowest BCUT2D eigenvalue weighted by Gasteiger charge is -2.41. The summed E-state index contributed by atoms with van der Waals surface area (Å²) < 4.78 is 39.9. The van der Waals surface area contributed by atoms with Crippen LogP contribution < -0.4 is 5.32 Å². The predicted octanol–water partition coefficient (Wildman–Crippen LogP) is 2.59. The van der Waals surface area contributed by atoms with Gasteiger partial charge in [-0.1, -0.05) is 12.1 Å². The molecule has 26 heavy (non-hydrogen) atoms. The van der Waals surface area contributed by atoms with Gasteiger partial charge in [-0.3, -0.25) is 4.68 Å². The van der Waals surface area contributed by atoms with Crippen LogP contribution in [0.1, 0.15) is 42.5 Å². The molecule has 1 fully saturated rings. The Bertz CT molecular complexity index is 745. The molecule has 0 bridgehead atoms. The van der Waals surface area contributed by atoms with Crippen molar-refractivity contribution in [1.29, 1.82) is 0 Å². The summed E-state index contributed by atoms with van der Waals surface area (Å²) in [6.07, 6.45) is -0.183. The van der Waals surface area contributed by atoms with E-state index in [1.54, 1.807) is 17.1 Å².